The molecule has 0 aromatic rings. The van der Waals surface area contributed by atoms with Crippen molar-refractivity contribution in [1.29, 1.82) is 0 Å². The van der Waals surface area contributed by atoms with E-state index < -0.39 is 5.97 Å². The van der Waals surface area contributed by atoms with Gasteiger partial charge >= 0.3 is 12.0 Å². The Balaban J connectivity index is 3.41. The molecule has 0 aliphatic carbocycles. The predicted molar refractivity (Wildman–Crippen MR) is 113 cm³/mol. The number of amides is 2. The molecule has 0 fully saturated rings. The number of allylic oxidation sites excluding steroid dienone is 2. The van der Waals surface area contributed by atoms with Crippen molar-refractivity contribution >= 4 is 12.0 Å². The lowest BCUT2D eigenvalue weighted by Crippen LogP contribution is -2.39. The fourth-order valence-corrected chi connectivity index (χ4v) is 2.91. The van der Waals surface area contributed by atoms with Crippen molar-refractivity contribution in [1.82, 2.24) is 9.80 Å². The standard InChI is InChI=1S/C22H42N2O3/c1-5-23(3)22(27)24(4)19-17-15-13-11-9-7-6-8-10-12-14-16-18-20(2)21(25)26/h9,11,20H,5-8,10,12-19H2,1-4H3,(H,25,26)/b11-9-. The number of hydrogen-bond donors (Lipinski definition) is 1. The van der Waals surface area contributed by atoms with E-state index in [0.29, 0.717) is 0 Å². The molecule has 1 atom stereocenters. The molecule has 0 radical (unpaired) electrons. The second-order valence-electron chi connectivity index (χ2n) is 7.62. The quantitative estimate of drug-likeness (QED) is 0.281. The van der Waals surface area contributed by atoms with Crippen LogP contribution in [0.5, 0.6) is 0 Å². The Bertz CT molecular complexity index is 424. The van der Waals surface area contributed by atoms with E-state index in [-0.39, 0.29) is 11.9 Å². The normalized spacial score (nSPS) is 12.3. The maximum Gasteiger partial charge on any atom is 0.319 e. The number of rotatable bonds is 16. The maximum atomic E-state index is 11.9. The summed E-state index contributed by atoms with van der Waals surface area (Å²) >= 11 is 0. The Hall–Kier alpha value is -1.52. The van der Waals surface area contributed by atoms with E-state index >= 15 is 0 Å². The van der Waals surface area contributed by atoms with Gasteiger partial charge in [0.1, 0.15) is 0 Å². The van der Waals surface area contributed by atoms with E-state index in [2.05, 4.69) is 12.2 Å². The Labute approximate surface area is 166 Å². The first kappa shape index (κ1) is 25.5. The number of carbonyl (C=O) groups is 2. The van der Waals surface area contributed by atoms with Crippen LogP contribution in [0.4, 0.5) is 4.79 Å². The summed E-state index contributed by atoms with van der Waals surface area (Å²) in [5.41, 5.74) is 0. The smallest absolute Gasteiger partial charge is 0.319 e. The van der Waals surface area contributed by atoms with Gasteiger partial charge < -0.3 is 14.9 Å². The summed E-state index contributed by atoms with van der Waals surface area (Å²) in [7, 11) is 3.71. The zero-order chi connectivity index (χ0) is 20.5. The van der Waals surface area contributed by atoms with Gasteiger partial charge in [0, 0.05) is 27.2 Å². The Morgan fingerprint density at radius 1 is 0.852 bits per heavy atom. The zero-order valence-corrected chi connectivity index (χ0v) is 18.1. The van der Waals surface area contributed by atoms with Crippen molar-refractivity contribution < 1.29 is 14.7 Å². The molecule has 0 aliphatic heterocycles. The van der Waals surface area contributed by atoms with Crippen LogP contribution in [0.2, 0.25) is 0 Å². The first-order chi connectivity index (χ1) is 12.9. The molecule has 1 N–H and O–H groups in total. The highest BCUT2D eigenvalue weighted by Gasteiger charge is 2.11. The molecule has 0 aromatic heterocycles. The van der Waals surface area contributed by atoms with Crippen molar-refractivity contribution in [3.63, 3.8) is 0 Å². The summed E-state index contributed by atoms with van der Waals surface area (Å²) in [6.45, 7) is 5.34. The van der Waals surface area contributed by atoms with Crippen molar-refractivity contribution in [2.24, 2.45) is 5.92 Å². The average molecular weight is 383 g/mol. The summed E-state index contributed by atoms with van der Waals surface area (Å²) in [6, 6.07) is 0.101. The fraction of sp³-hybridized carbons (Fsp3) is 0.818. The molecular formula is C22H42N2O3. The average Bonchev–Trinajstić information content (AvgIpc) is 2.66. The van der Waals surface area contributed by atoms with Crippen LogP contribution >= 0.6 is 0 Å². The van der Waals surface area contributed by atoms with Crippen molar-refractivity contribution in [3.8, 4) is 0 Å². The van der Waals surface area contributed by atoms with E-state index in [9.17, 15) is 9.59 Å². The van der Waals surface area contributed by atoms with Gasteiger partial charge in [0.05, 0.1) is 5.92 Å². The molecule has 0 bridgehead atoms. The first-order valence-corrected chi connectivity index (χ1v) is 10.7. The lowest BCUT2D eigenvalue weighted by Gasteiger charge is -2.23. The summed E-state index contributed by atoms with van der Waals surface area (Å²) in [4.78, 5) is 26.1. The van der Waals surface area contributed by atoms with E-state index in [1.165, 1.54) is 25.7 Å². The summed E-state index contributed by atoms with van der Waals surface area (Å²) in [5, 5.41) is 8.82. The highest BCUT2D eigenvalue weighted by molar-refractivity contribution is 5.73. The number of carboxylic acids is 1. The van der Waals surface area contributed by atoms with Crippen LogP contribution in [0.25, 0.3) is 0 Å². The van der Waals surface area contributed by atoms with Gasteiger partial charge in [0.2, 0.25) is 0 Å². The third kappa shape index (κ3) is 14.2. The number of hydrogen-bond acceptors (Lipinski definition) is 2. The van der Waals surface area contributed by atoms with E-state index in [1.807, 2.05) is 21.0 Å². The topological polar surface area (TPSA) is 60.9 Å². The zero-order valence-electron chi connectivity index (χ0n) is 18.1. The fourth-order valence-electron chi connectivity index (χ4n) is 2.91. The van der Waals surface area contributed by atoms with Gasteiger partial charge in [-0.1, -0.05) is 51.2 Å². The summed E-state index contributed by atoms with van der Waals surface area (Å²) in [5.74, 6) is -0.875. The Kier molecular flexibility index (Phi) is 15.7. The first-order valence-electron chi connectivity index (χ1n) is 10.7. The van der Waals surface area contributed by atoms with Gasteiger partial charge in [-0.05, 0) is 45.4 Å². The van der Waals surface area contributed by atoms with E-state index in [0.717, 1.165) is 58.0 Å². The van der Waals surface area contributed by atoms with E-state index in [1.54, 1.807) is 16.7 Å². The molecule has 1 unspecified atom stereocenters. The number of carbonyl (C=O) groups excluding carboxylic acids is 1. The summed E-state index contributed by atoms with van der Waals surface area (Å²) < 4.78 is 0. The molecule has 5 heteroatoms. The largest absolute Gasteiger partial charge is 0.481 e. The van der Waals surface area contributed by atoms with Gasteiger partial charge in [0.15, 0.2) is 0 Å². The minimum atomic E-state index is -0.675. The maximum absolute atomic E-state index is 11.9. The van der Waals surface area contributed by atoms with Crippen LogP contribution in [0.15, 0.2) is 12.2 Å². The van der Waals surface area contributed by atoms with Gasteiger partial charge in [-0.3, -0.25) is 4.79 Å². The Morgan fingerprint density at radius 3 is 1.93 bits per heavy atom. The highest BCUT2D eigenvalue weighted by atomic mass is 16.4. The molecule has 0 saturated carbocycles. The SMILES string of the molecule is CCN(C)C(=O)N(C)CCCC/C=C\CCCCCCCCC(C)C(=O)O. The molecule has 2 amide bonds. The molecule has 0 heterocycles. The lowest BCUT2D eigenvalue weighted by atomic mass is 10.0. The number of aliphatic carboxylic acids is 1. The molecule has 158 valence electrons. The van der Waals surface area contributed by atoms with Gasteiger partial charge in [0.25, 0.3) is 0 Å². The number of carboxylic acid groups (broad SMARTS) is 1. The van der Waals surface area contributed by atoms with Crippen LogP contribution < -0.4 is 0 Å². The third-order valence-corrected chi connectivity index (χ3v) is 5.09. The monoisotopic (exact) mass is 382 g/mol. The third-order valence-electron chi connectivity index (χ3n) is 5.09. The van der Waals surface area contributed by atoms with Crippen molar-refractivity contribution in [2.45, 2.75) is 84.5 Å². The minimum Gasteiger partial charge on any atom is -0.481 e. The van der Waals surface area contributed by atoms with Crippen LogP contribution in [0.1, 0.15) is 84.5 Å². The molecule has 0 aromatic carbocycles. The molecule has 5 nitrogen and oxygen atoms in total. The number of nitrogens with zero attached hydrogens (tertiary/aromatic N) is 2. The van der Waals surface area contributed by atoms with Gasteiger partial charge in [-0.2, -0.15) is 0 Å². The minimum absolute atomic E-state index is 0.101. The van der Waals surface area contributed by atoms with Crippen LogP contribution in [-0.4, -0.2) is 54.1 Å². The van der Waals surface area contributed by atoms with Crippen LogP contribution in [-0.2, 0) is 4.79 Å². The predicted octanol–water partition coefficient (Wildman–Crippen LogP) is 5.56. The van der Waals surface area contributed by atoms with Crippen molar-refractivity contribution in [3.05, 3.63) is 12.2 Å². The second kappa shape index (κ2) is 16.6. The Morgan fingerprint density at radius 2 is 1.37 bits per heavy atom. The molecular weight excluding hydrogens is 340 g/mol. The molecule has 0 aliphatic rings. The molecule has 0 spiro atoms. The molecule has 27 heavy (non-hydrogen) atoms. The van der Waals surface area contributed by atoms with Gasteiger partial charge in [-0.25, -0.2) is 4.79 Å². The number of urea groups is 1. The molecule has 0 rings (SSSR count). The lowest BCUT2D eigenvalue weighted by molar-refractivity contribution is -0.141. The highest BCUT2D eigenvalue weighted by Crippen LogP contribution is 2.13. The number of unbranched alkanes of at least 4 members (excludes halogenated alkanes) is 8. The van der Waals surface area contributed by atoms with Gasteiger partial charge in [-0.15, -0.1) is 0 Å². The van der Waals surface area contributed by atoms with Crippen LogP contribution in [0.3, 0.4) is 0 Å². The summed E-state index contributed by atoms with van der Waals surface area (Å²) in [6.07, 6.45) is 16.9. The second-order valence-corrected chi connectivity index (χ2v) is 7.62. The van der Waals surface area contributed by atoms with Crippen LogP contribution in [0, 0.1) is 5.92 Å². The van der Waals surface area contributed by atoms with E-state index in [4.69, 9.17) is 5.11 Å². The van der Waals surface area contributed by atoms with Crippen molar-refractivity contribution in [2.75, 3.05) is 27.2 Å². The molecule has 0 saturated heterocycles.